The number of likely N-dealkylation sites (tertiary alicyclic amines) is 1. The molecule has 0 spiro atoms. The standard InChI is InChI=1S/C17H15ClN2O7S2/c1-9(21)28-17(29-10(2)22)15(19-13(18)7-14(19)23)16(24)27-8-11-3-5-12(6-4-11)20(25)26/h3-6,13H,7-8H2,1-2H3. The summed E-state index contributed by atoms with van der Waals surface area (Å²) in [6.07, 6.45) is 0.00342. The van der Waals surface area contributed by atoms with Crippen LogP contribution in [-0.4, -0.2) is 37.4 Å². The van der Waals surface area contributed by atoms with Gasteiger partial charge in [0.15, 0.2) is 15.9 Å². The molecule has 9 nitrogen and oxygen atoms in total. The van der Waals surface area contributed by atoms with Gasteiger partial charge in [-0.15, -0.1) is 0 Å². The molecule has 154 valence electrons. The van der Waals surface area contributed by atoms with Gasteiger partial charge in [0, 0.05) is 26.0 Å². The van der Waals surface area contributed by atoms with Crippen molar-refractivity contribution >= 4 is 62.9 Å². The van der Waals surface area contributed by atoms with Gasteiger partial charge in [0.25, 0.3) is 5.69 Å². The number of benzene rings is 1. The Kier molecular flexibility index (Phi) is 7.82. The molecule has 0 aromatic heterocycles. The number of hydrogen-bond acceptors (Lipinski definition) is 9. The number of halogens is 1. The van der Waals surface area contributed by atoms with Crippen molar-refractivity contribution in [3.63, 3.8) is 0 Å². The van der Waals surface area contributed by atoms with Crippen LogP contribution in [0, 0.1) is 10.1 Å². The number of nitrogens with zero attached hydrogens (tertiary/aromatic N) is 2. The van der Waals surface area contributed by atoms with E-state index in [9.17, 15) is 29.3 Å². The number of thioether (sulfide) groups is 2. The molecule has 0 aliphatic carbocycles. The van der Waals surface area contributed by atoms with Crippen molar-refractivity contribution in [3.05, 3.63) is 49.9 Å². The van der Waals surface area contributed by atoms with Gasteiger partial charge in [-0.25, -0.2) is 4.79 Å². The van der Waals surface area contributed by atoms with E-state index in [1.54, 1.807) is 0 Å². The van der Waals surface area contributed by atoms with Crippen LogP contribution in [0.2, 0.25) is 0 Å². The zero-order valence-electron chi connectivity index (χ0n) is 15.2. The highest BCUT2D eigenvalue weighted by atomic mass is 35.5. The number of nitro benzene ring substituents is 1. The molecule has 1 unspecified atom stereocenters. The average molecular weight is 459 g/mol. The SMILES string of the molecule is CC(=O)SC(SC(C)=O)=C(C(=O)OCc1ccc([N+](=O)[O-])cc1)N1C(=O)CC1Cl. The Hall–Kier alpha value is -2.37. The number of esters is 1. The lowest BCUT2D eigenvalue weighted by atomic mass is 10.2. The van der Waals surface area contributed by atoms with Gasteiger partial charge in [-0.05, 0) is 41.2 Å². The Morgan fingerprint density at radius 3 is 2.17 bits per heavy atom. The molecule has 1 atom stereocenters. The van der Waals surface area contributed by atoms with E-state index in [4.69, 9.17) is 16.3 Å². The molecule has 2 rings (SSSR count). The maximum absolute atomic E-state index is 12.7. The lowest BCUT2D eigenvalue weighted by molar-refractivity contribution is -0.384. The molecule has 12 heteroatoms. The molecule has 1 aliphatic heterocycles. The van der Waals surface area contributed by atoms with Crippen molar-refractivity contribution in [1.29, 1.82) is 0 Å². The molecule has 1 fully saturated rings. The first kappa shape index (κ1) is 22.9. The Morgan fingerprint density at radius 1 is 1.21 bits per heavy atom. The van der Waals surface area contributed by atoms with Gasteiger partial charge in [-0.2, -0.15) is 0 Å². The number of amides is 1. The molecular formula is C17H15ClN2O7S2. The third kappa shape index (κ3) is 6.05. The first-order valence-corrected chi connectivity index (χ1v) is 10.1. The molecule has 1 aromatic carbocycles. The van der Waals surface area contributed by atoms with Gasteiger partial charge < -0.3 is 4.74 Å². The first-order chi connectivity index (χ1) is 13.6. The van der Waals surface area contributed by atoms with E-state index >= 15 is 0 Å². The minimum absolute atomic E-state index is 0.00241. The fourth-order valence-electron chi connectivity index (χ4n) is 2.23. The van der Waals surface area contributed by atoms with Crippen LogP contribution in [0.1, 0.15) is 25.8 Å². The zero-order valence-corrected chi connectivity index (χ0v) is 17.6. The first-order valence-electron chi connectivity index (χ1n) is 8.07. The van der Waals surface area contributed by atoms with E-state index in [1.807, 2.05) is 0 Å². The van der Waals surface area contributed by atoms with Crippen LogP contribution < -0.4 is 0 Å². The van der Waals surface area contributed by atoms with E-state index < -0.39 is 32.5 Å². The normalized spacial score (nSPS) is 15.3. The second-order valence-electron chi connectivity index (χ2n) is 5.73. The van der Waals surface area contributed by atoms with Gasteiger partial charge in [-0.1, -0.05) is 11.6 Å². The smallest absolute Gasteiger partial charge is 0.357 e. The van der Waals surface area contributed by atoms with E-state index in [1.165, 1.54) is 38.1 Å². The Bertz CT molecular complexity index is 884. The third-order valence-corrected chi connectivity index (χ3v) is 5.69. The molecule has 0 saturated carbocycles. The molecule has 1 aliphatic rings. The summed E-state index contributed by atoms with van der Waals surface area (Å²) in [6.45, 7) is 2.26. The number of β-lactam (4-membered cyclic amide) rings is 1. The fourth-order valence-corrected chi connectivity index (χ4v) is 4.52. The van der Waals surface area contributed by atoms with Gasteiger partial charge in [-0.3, -0.25) is 29.4 Å². The number of nitro groups is 1. The molecule has 1 amide bonds. The molecule has 0 N–H and O–H groups in total. The Balaban J connectivity index is 2.29. The summed E-state index contributed by atoms with van der Waals surface area (Å²) in [5, 5.41) is 9.91. The van der Waals surface area contributed by atoms with Crippen LogP contribution in [-0.2, 0) is 30.5 Å². The molecule has 1 saturated heterocycles. The summed E-state index contributed by atoms with van der Waals surface area (Å²) >= 11 is 7.30. The summed E-state index contributed by atoms with van der Waals surface area (Å²) < 4.78 is 5.22. The number of ether oxygens (including phenoxy) is 1. The summed E-state index contributed by atoms with van der Waals surface area (Å²) in [7, 11) is 0. The van der Waals surface area contributed by atoms with Crippen molar-refractivity contribution in [2.24, 2.45) is 0 Å². The van der Waals surface area contributed by atoms with Gasteiger partial charge in [0.1, 0.15) is 12.1 Å². The van der Waals surface area contributed by atoms with Crippen LogP contribution >= 0.6 is 35.1 Å². The molecule has 0 radical (unpaired) electrons. The summed E-state index contributed by atoms with van der Waals surface area (Å²) in [4.78, 5) is 59.0. The fraction of sp³-hybridized carbons (Fsp3) is 0.294. The lowest BCUT2D eigenvalue weighted by Gasteiger charge is -2.37. The van der Waals surface area contributed by atoms with Crippen LogP contribution in [0.4, 0.5) is 5.69 Å². The van der Waals surface area contributed by atoms with Crippen LogP contribution in [0.5, 0.6) is 0 Å². The molecule has 1 heterocycles. The van der Waals surface area contributed by atoms with Crippen LogP contribution in [0.25, 0.3) is 0 Å². The maximum Gasteiger partial charge on any atom is 0.357 e. The number of non-ortho nitro benzene ring substituents is 1. The Morgan fingerprint density at radius 2 is 1.76 bits per heavy atom. The molecule has 0 bridgehead atoms. The summed E-state index contributed by atoms with van der Waals surface area (Å²) in [5.41, 5.74) is -0.724. The number of alkyl halides is 1. The second-order valence-corrected chi connectivity index (χ2v) is 8.86. The summed E-state index contributed by atoms with van der Waals surface area (Å²) in [6, 6.07) is 5.36. The number of carbonyl (C=O) groups is 4. The predicted molar refractivity (Wildman–Crippen MR) is 108 cm³/mol. The molecular weight excluding hydrogens is 444 g/mol. The minimum Gasteiger partial charge on any atom is -0.456 e. The highest BCUT2D eigenvalue weighted by Gasteiger charge is 2.42. The van der Waals surface area contributed by atoms with Crippen molar-refractivity contribution in [2.45, 2.75) is 32.4 Å². The van der Waals surface area contributed by atoms with Crippen LogP contribution in [0.15, 0.2) is 34.2 Å². The van der Waals surface area contributed by atoms with E-state index in [0.29, 0.717) is 29.1 Å². The Labute approximate surface area is 178 Å². The van der Waals surface area contributed by atoms with Gasteiger partial charge in [0.2, 0.25) is 5.91 Å². The number of carbonyl (C=O) groups excluding carboxylic acids is 4. The van der Waals surface area contributed by atoms with Crippen molar-refractivity contribution in [2.75, 3.05) is 0 Å². The van der Waals surface area contributed by atoms with Crippen molar-refractivity contribution < 1.29 is 28.8 Å². The van der Waals surface area contributed by atoms with Crippen molar-refractivity contribution in [3.8, 4) is 0 Å². The van der Waals surface area contributed by atoms with E-state index in [0.717, 1.165) is 4.90 Å². The minimum atomic E-state index is -0.945. The highest BCUT2D eigenvalue weighted by Crippen LogP contribution is 2.39. The van der Waals surface area contributed by atoms with Gasteiger partial charge in [0.05, 0.1) is 15.6 Å². The third-order valence-electron chi connectivity index (χ3n) is 3.51. The second kappa shape index (κ2) is 9.90. The topological polar surface area (TPSA) is 124 Å². The molecule has 29 heavy (non-hydrogen) atoms. The summed E-state index contributed by atoms with van der Waals surface area (Å²) in [5.74, 6) is -1.39. The predicted octanol–water partition coefficient (Wildman–Crippen LogP) is 3.16. The average Bonchev–Trinajstić information content (AvgIpc) is 2.63. The van der Waals surface area contributed by atoms with E-state index in [2.05, 4.69) is 0 Å². The maximum atomic E-state index is 12.7. The molecule has 1 aromatic rings. The van der Waals surface area contributed by atoms with Crippen molar-refractivity contribution in [1.82, 2.24) is 4.90 Å². The largest absolute Gasteiger partial charge is 0.456 e. The van der Waals surface area contributed by atoms with E-state index in [-0.39, 0.29) is 28.6 Å². The quantitative estimate of drug-likeness (QED) is 0.115. The lowest BCUT2D eigenvalue weighted by Crippen LogP contribution is -2.50. The monoisotopic (exact) mass is 458 g/mol. The van der Waals surface area contributed by atoms with Gasteiger partial charge >= 0.3 is 5.97 Å². The van der Waals surface area contributed by atoms with Crippen LogP contribution in [0.3, 0.4) is 0 Å². The zero-order chi connectivity index (χ0) is 21.7. The number of rotatable bonds is 7. The number of hydrogen-bond donors (Lipinski definition) is 0. The highest BCUT2D eigenvalue weighted by molar-refractivity contribution is 8.34.